The number of hydrogen-bond donors (Lipinski definition) is 1. The Morgan fingerprint density at radius 2 is 1.89 bits per heavy atom. The second-order valence-electron chi connectivity index (χ2n) is 7.35. The molecule has 0 bridgehead atoms. The van der Waals surface area contributed by atoms with Crippen molar-refractivity contribution in [1.82, 2.24) is 10.2 Å². The van der Waals surface area contributed by atoms with Gasteiger partial charge in [0.15, 0.2) is 0 Å². The standard InChI is InChI=1S/C17H34N2/c1-5-8-18-16-11-14(3)10-15(4)17(16)19-9-6-7-13(2)12-19/h13-18H,5-12H2,1-4H3. The quantitative estimate of drug-likeness (QED) is 0.837. The molecule has 1 saturated carbocycles. The van der Waals surface area contributed by atoms with Crippen molar-refractivity contribution < 1.29 is 0 Å². The van der Waals surface area contributed by atoms with E-state index in [0.717, 1.165) is 29.8 Å². The zero-order chi connectivity index (χ0) is 13.8. The maximum atomic E-state index is 3.85. The summed E-state index contributed by atoms with van der Waals surface area (Å²) in [4.78, 5) is 2.82. The molecule has 0 aromatic heterocycles. The predicted octanol–water partition coefficient (Wildman–Crippen LogP) is 3.52. The second-order valence-corrected chi connectivity index (χ2v) is 7.35. The van der Waals surface area contributed by atoms with Gasteiger partial charge in [0.1, 0.15) is 0 Å². The third-order valence-electron chi connectivity index (χ3n) is 5.19. The Labute approximate surface area is 120 Å². The fourth-order valence-electron chi connectivity index (χ4n) is 4.48. The number of piperidine rings is 1. The van der Waals surface area contributed by atoms with Crippen LogP contribution < -0.4 is 5.32 Å². The number of hydrogen-bond acceptors (Lipinski definition) is 2. The van der Waals surface area contributed by atoms with Crippen LogP contribution in [0, 0.1) is 17.8 Å². The lowest BCUT2D eigenvalue weighted by molar-refractivity contribution is 0.0339. The average Bonchev–Trinajstić information content (AvgIpc) is 2.35. The van der Waals surface area contributed by atoms with Crippen LogP contribution in [0.15, 0.2) is 0 Å². The molecule has 0 aromatic rings. The molecule has 19 heavy (non-hydrogen) atoms. The van der Waals surface area contributed by atoms with E-state index in [1.54, 1.807) is 0 Å². The molecule has 2 rings (SSSR count). The molecule has 0 spiro atoms. The molecule has 1 heterocycles. The van der Waals surface area contributed by atoms with Gasteiger partial charge in [0, 0.05) is 18.6 Å². The third kappa shape index (κ3) is 3.95. The summed E-state index contributed by atoms with van der Waals surface area (Å²) in [6, 6.07) is 1.51. The SMILES string of the molecule is CCCNC1CC(C)CC(C)C1N1CCCC(C)C1. The second kappa shape index (κ2) is 7.08. The number of nitrogens with zero attached hydrogens (tertiary/aromatic N) is 1. The van der Waals surface area contributed by atoms with Crippen LogP contribution in [0.4, 0.5) is 0 Å². The van der Waals surface area contributed by atoms with Gasteiger partial charge >= 0.3 is 0 Å². The molecule has 5 unspecified atom stereocenters. The van der Waals surface area contributed by atoms with Crippen LogP contribution in [-0.2, 0) is 0 Å². The average molecular weight is 266 g/mol. The summed E-state index contributed by atoms with van der Waals surface area (Å²) < 4.78 is 0. The van der Waals surface area contributed by atoms with Gasteiger partial charge < -0.3 is 5.32 Å². The number of rotatable bonds is 4. The molecule has 1 saturated heterocycles. The van der Waals surface area contributed by atoms with Gasteiger partial charge in [-0.3, -0.25) is 4.90 Å². The summed E-state index contributed by atoms with van der Waals surface area (Å²) >= 11 is 0. The topological polar surface area (TPSA) is 15.3 Å². The maximum Gasteiger partial charge on any atom is 0.0275 e. The first kappa shape index (κ1) is 15.3. The van der Waals surface area contributed by atoms with E-state index in [0.29, 0.717) is 0 Å². The molecule has 1 aliphatic carbocycles. The van der Waals surface area contributed by atoms with E-state index in [4.69, 9.17) is 0 Å². The molecule has 0 radical (unpaired) electrons. The maximum absolute atomic E-state index is 3.85. The highest BCUT2D eigenvalue weighted by molar-refractivity contribution is 4.95. The van der Waals surface area contributed by atoms with Crippen molar-refractivity contribution in [2.45, 2.75) is 71.9 Å². The van der Waals surface area contributed by atoms with E-state index in [2.05, 4.69) is 37.9 Å². The van der Waals surface area contributed by atoms with Gasteiger partial charge in [-0.15, -0.1) is 0 Å². The minimum Gasteiger partial charge on any atom is -0.312 e. The molecular weight excluding hydrogens is 232 g/mol. The molecule has 1 aliphatic heterocycles. The molecule has 2 fully saturated rings. The molecule has 2 aliphatic rings. The highest BCUT2D eigenvalue weighted by Crippen LogP contribution is 2.34. The van der Waals surface area contributed by atoms with Gasteiger partial charge in [-0.1, -0.05) is 27.7 Å². The largest absolute Gasteiger partial charge is 0.312 e. The molecule has 112 valence electrons. The third-order valence-corrected chi connectivity index (χ3v) is 5.19. The van der Waals surface area contributed by atoms with E-state index in [-0.39, 0.29) is 0 Å². The van der Waals surface area contributed by atoms with Crippen LogP contribution >= 0.6 is 0 Å². The van der Waals surface area contributed by atoms with Crippen molar-refractivity contribution in [1.29, 1.82) is 0 Å². The molecule has 2 heteroatoms. The van der Waals surface area contributed by atoms with E-state index >= 15 is 0 Å². The Kier molecular flexibility index (Phi) is 5.70. The van der Waals surface area contributed by atoms with Crippen LogP contribution in [0.25, 0.3) is 0 Å². The van der Waals surface area contributed by atoms with Crippen molar-refractivity contribution >= 4 is 0 Å². The summed E-state index contributed by atoms with van der Waals surface area (Å²) in [6.07, 6.45) is 6.88. The van der Waals surface area contributed by atoms with Crippen LogP contribution in [0.5, 0.6) is 0 Å². The molecular formula is C17H34N2. The van der Waals surface area contributed by atoms with Gasteiger partial charge in [-0.2, -0.15) is 0 Å². The fourth-order valence-corrected chi connectivity index (χ4v) is 4.48. The van der Waals surface area contributed by atoms with Crippen molar-refractivity contribution in [3.8, 4) is 0 Å². The normalized spacial score (nSPS) is 41.4. The van der Waals surface area contributed by atoms with Crippen LogP contribution in [-0.4, -0.2) is 36.6 Å². The Bertz CT molecular complexity index is 266. The molecule has 2 nitrogen and oxygen atoms in total. The van der Waals surface area contributed by atoms with Gasteiger partial charge in [0.2, 0.25) is 0 Å². The highest BCUT2D eigenvalue weighted by atomic mass is 15.2. The molecule has 1 N–H and O–H groups in total. The van der Waals surface area contributed by atoms with Gasteiger partial charge in [0.05, 0.1) is 0 Å². The summed E-state index contributed by atoms with van der Waals surface area (Å²) in [6.45, 7) is 13.5. The first-order valence-electron chi connectivity index (χ1n) is 8.59. The Hall–Kier alpha value is -0.0800. The summed E-state index contributed by atoms with van der Waals surface area (Å²) in [5, 5.41) is 3.85. The Morgan fingerprint density at radius 1 is 1.11 bits per heavy atom. The smallest absolute Gasteiger partial charge is 0.0275 e. The van der Waals surface area contributed by atoms with Crippen molar-refractivity contribution in [3.63, 3.8) is 0 Å². The number of nitrogens with one attached hydrogen (secondary N) is 1. The zero-order valence-electron chi connectivity index (χ0n) is 13.5. The molecule has 0 aromatic carbocycles. The first-order chi connectivity index (χ1) is 9.11. The summed E-state index contributed by atoms with van der Waals surface area (Å²) in [5.41, 5.74) is 0. The van der Waals surface area contributed by atoms with Gasteiger partial charge in [0.25, 0.3) is 0 Å². The highest BCUT2D eigenvalue weighted by Gasteiger charge is 2.38. The Balaban J connectivity index is 2.03. The minimum absolute atomic E-state index is 0.726. The van der Waals surface area contributed by atoms with Crippen molar-refractivity contribution in [3.05, 3.63) is 0 Å². The first-order valence-corrected chi connectivity index (χ1v) is 8.59. The zero-order valence-corrected chi connectivity index (χ0v) is 13.5. The van der Waals surface area contributed by atoms with E-state index in [9.17, 15) is 0 Å². The van der Waals surface area contributed by atoms with E-state index < -0.39 is 0 Å². The molecule has 0 amide bonds. The molecule has 5 atom stereocenters. The van der Waals surface area contributed by atoms with Crippen LogP contribution in [0.3, 0.4) is 0 Å². The van der Waals surface area contributed by atoms with Crippen LogP contribution in [0.1, 0.15) is 59.8 Å². The summed E-state index contributed by atoms with van der Waals surface area (Å²) in [5.74, 6) is 2.64. The lowest BCUT2D eigenvalue weighted by Gasteiger charge is -2.48. The monoisotopic (exact) mass is 266 g/mol. The Morgan fingerprint density at radius 3 is 2.58 bits per heavy atom. The lowest BCUT2D eigenvalue weighted by Crippen LogP contribution is -2.58. The summed E-state index contributed by atoms with van der Waals surface area (Å²) in [7, 11) is 0. The van der Waals surface area contributed by atoms with Gasteiger partial charge in [-0.05, 0) is 62.9 Å². The minimum atomic E-state index is 0.726. The predicted molar refractivity (Wildman–Crippen MR) is 83.4 cm³/mol. The van der Waals surface area contributed by atoms with E-state index in [1.165, 1.54) is 51.7 Å². The van der Waals surface area contributed by atoms with Crippen molar-refractivity contribution in [2.24, 2.45) is 17.8 Å². The number of likely N-dealkylation sites (tertiary alicyclic amines) is 1. The van der Waals surface area contributed by atoms with Crippen molar-refractivity contribution in [2.75, 3.05) is 19.6 Å². The van der Waals surface area contributed by atoms with Crippen LogP contribution in [0.2, 0.25) is 0 Å². The fraction of sp³-hybridized carbons (Fsp3) is 1.00. The lowest BCUT2D eigenvalue weighted by atomic mass is 9.75. The van der Waals surface area contributed by atoms with Gasteiger partial charge in [-0.25, -0.2) is 0 Å². The van der Waals surface area contributed by atoms with E-state index in [1.807, 2.05) is 0 Å².